The molecular weight excluding hydrogens is 544 g/mol. The van der Waals surface area contributed by atoms with Crippen LogP contribution >= 0.6 is 0 Å². The van der Waals surface area contributed by atoms with Crippen molar-refractivity contribution in [2.24, 2.45) is 0 Å². The molecule has 13 nitrogen and oxygen atoms in total. The second kappa shape index (κ2) is 32.8. The molecule has 0 spiro atoms. The van der Waals surface area contributed by atoms with Crippen LogP contribution in [0.15, 0.2) is 12.2 Å². The topological polar surface area (TPSA) is 136 Å². The first-order chi connectivity index (χ1) is 20.1. The van der Waals surface area contributed by atoms with Gasteiger partial charge in [-0.05, 0) is 13.3 Å². The fourth-order valence-electron chi connectivity index (χ4n) is 2.67. The molecule has 0 amide bonds. The number of carbonyl (C=O) groups excluding carboxylic acids is 2. The summed E-state index contributed by atoms with van der Waals surface area (Å²) >= 11 is 0. The number of hydrogen-bond acceptors (Lipinski definition) is 13. The van der Waals surface area contributed by atoms with E-state index in [0.29, 0.717) is 131 Å². The van der Waals surface area contributed by atoms with Gasteiger partial charge in [0, 0.05) is 12.0 Å². The molecule has 0 saturated carbocycles. The van der Waals surface area contributed by atoms with Crippen LogP contribution in [0.5, 0.6) is 0 Å². The van der Waals surface area contributed by atoms with Crippen molar-refractivity contribution in [2.75, 3.05) is 132 Å². The maximum absolute atomic E-state index is 11.2. The van der Waals surface area contributed by atoms with Gasteiger partial charge in [0.15, 0.2) is 0 Å². The molecule has 242 valence electrons. The molecule has 0 saturated heterocycles. The highest BCUT2D eigenvalue weighted by Gasteiger charge is 2.02. The van der Waals surface area contributed by atoms with Gasteiger partial charge in [0.1, 0.15) is 13.2 Å². The van der Waals surface area contributed by atoms with E-state index in [1.54, 1.807) is 6.92 Å². The molecule has 0 aliphatic carbocycles. The molecule has 0 aliphatic heterocycles. The van der Waals surface area contributed by atoms with E-state index in [0.717, 1.165) is 6.42 Å². The lowest BCUT2D eigenvalue weighted by Gasteiger charge is -2.09. The van der Waals surface area contributed by atoms with Gasteiger partial charge in [-0.2, -0.15) is 0 Å². The highest BCUT2D eigenvalue weighted by molar-refractivity contribution is 5.86. The summed E-state index contributed by atoms with van der Waals surface area (Å²) in [5.41, 5.74) is 0.368. The Morgan fingerprint density at radius 2 is 0.683 bits per heavy atom. The molecule has 0 N–H and O–H groups in total. The van der Waals surface area contributed by atoms with Crippen LogP contribution in [-0.2, 0) is 61.7 Å². The fraction of sp³-hybridized carbons (Fsp3) is 0.857. The van der Waals surface area contributed by atoms with Crippen molar-refractivity contribution in [1.29, 1.82) is 0 Å². The van der Waals surface area contributed by atoms with E-state index in [1.807, 2.05) is 6.92 Å². The Labute approximate surface area is 244 Å². The number of hydrogen-bond donors (Lipinski definition) is 0. The van der Waals surface area contributed by atoms with Crippen LogP contribution in [0.1, 0.15) is 26.7 Å². The first-order valence-corrected chi connectivity index (χ1v) is 14.3. The molecule has 0 unspecified atom stereocenters. The monoisotopic (exact) mass is 596 g/mol. The first kappa shape index (κ1) is 39.3. The molecule has 0 aliphatic rings. The first-order valence-electron chi connectivity index (χ1n) is 14.3. The van der Waals surface area contributed by atoms with Crippen molar-refractivity contribution in [3.63, 3.8) is 0 Å². The van der Waals surface area contributed by atoms with Gasteiger partial charge in [0.2, 0.25) is 0 Å². The van der Waals surface area contributed by atoms with Crippen LogP contribution in [0.25, 0.3) is 0 Å². The molecule has 0 aromatic heterocycles. The lowest BCUT2D eigenvalue weighted by Crippen LogP contribution is -2.16. The smallest absolute Gasteiger partial charge is 0.333 e. The summed E-state index contributed by atoms with van der Waals surface area (Å²) in [4.78, 5) is 22.3. The van der Waals surface area contributed by atoms with Gasteiger partial charge in [0.05, 0.1) is 119 Å². The van der Waals surface area contributed by atoms with Crippen molar-refractivity contribution in [2.45, 2.75) is 26.7 Å². The van der Waals surface area contributed by atoms with Gasteiger partial charge in [0.25, 0.3) is 0 Å². The summed E-state index contributed by atoms with van der Waals surface area (Å²) in [6, 6.07) is 0. The predicted octanol–water partition coefficient (Wildman–Crippen LogP) is 1.60. The highest BCUT2D eigenvalue weighted by Crippen LogP contribution is 1.93. The average molecular weight is 597 g/mol. The van der Waals surface area contributed by atoms with E-state index in [1.165, 1.54) is 0 Å². The average Bonchev–Trinajstić information content (AvgIpc) is 2.95. The Morgan fingerprint density at radius 1 is 0.439 bits per heavy atom. The zero-order valence-electron chi connectivity index (χ0n) is 25.1. The van der Waals surface area contributed by atoms with Crippen LogP contribution in [0.4, 0.5) is 0 Å². The van der Waals surface area contributed by atoms with Crippen LogP contribution in [-0.4, -0.2) is 144 Å². The molecule has 13 heteroatoms. The standard InChI is InChI=1S/C28H52O13/c1-4-5-27(29)40-24-22-38-20-18-36-16-14-34-12-10-32-8-6-31-7-9-33-11-13-35-15-17-37-19-21-39-23-25-41-28(30)26(2)3/h2,4-25H2,1,3H3. The third kappa shape index (κ3) is 32.7. The molecule has 0 rings (SSSR count). The Hall–Kier alpha value is -1.68. The highest BCUT2D eigenvalue weighted by atomic mass is 16.6. The van der Waals surface area contributed by atoms with Gasteiger partial charge in [-0.15, -0.1) is 0 Å². The number of ether oxygens (including phenoxy) is 11. The zero-order chi connectivity index (χ0) is 30.1. The Balaban J connectivity index is 3.09. The maximum atomic E-state index is 11.2. The lowest BCUT2D eigenvalue weighted by atomic mass is 10.3. The fourth-order valence-corrected chi connectivity index (χ4v) is 2.67. The number of carbonyl (C=O) groups is 2. The Morgan fingerprint density at radius 3 is 0.927 bits per heavy atom. The minimum Gasteiger partial charge on any atom is -0.463 e. The quantitative estimate of drug-likeness (QED) is 0.0617. The number of rotatable bonds is 33. The molecule has 0 heterocycles. The molecule has 0 fully saturated rings. The summed E-state index contributed by atoms with van der Waals surface area (Å²) in [5.74, 6) is -0.607. The van der Waals surface area contributed by atoms with Crippen molar-refractivity contribution in [3.05, 3.63) is 12.2 Å². The number of esters is 2. The van der Waals surface area contributed by atoms with Crippen LogP contribution in [0, 0.1) is 0 Å². The minimum atomic E-state index is -0.415. The van der Waals surface area contributed by atoms with E-state index in [-0.39, 0.29) is 19.2 Å². The second-order valence-corrected chi connectivity index (χ2v) is 8.40. The Kier molecular flexibility index (Phi) is 31.5. The van der Waals surface area contributed by atoms with Crippen LogP contribution < -0.4 is 0 Å². The van der Waals surface area contributed by atoms with E-state index >= 15 is 0 Å². The van der Waals surface area contributed by atoms with Gasteiger partial charge >= 0.3 is 11.9 Å². The van der Waals surface area contributed by atoms with Gasteiger partial charge in [-0.1, -0.05) is 13.5 Å². The second-order valence-electron chi connectivity index (χ2n) is 8.40. The normalized spacial score (nSPS) is 11.1. The Bertz CT molecular complexity index is 604. The molecular formula is C28H52O13. The molecule has 0 radical (unpaired) electrons. The minimum absolute atomic E-state index is 0.192. The van der Waals surface area contributed by atoms with Crippen molar-refractivity contribution < 1.29 is 61.7 Å². The SMILES string of the molecule is C=C(C)C(=O)OCCOCCOCCOCCOCCOCCOCCOCCOCCOCCOC(=O)CCC. The van der Waals surface area contributed by atoms with E-state index in [4.69, 9.17) is 52.1 Å². The summed E-state index contributed by atoms with van der Waals surface area (Å²) < 4.78 is 58.5. The third-order valence-corrected chi connectivity index (χ3v) is 4.73. The molecule has 0 aromatic rings. The molecule has 41 heavy (non-hydrogen) atoms. The maximum Gasteiger partial charge on any atom is 0.333 e. The van der Waals surface area contributed by atoms with Gasteiger partial charge in [-0.25, -0.2) is 4.79 Å². The van der Waals surface area contributed by atoms with Crippen molar-refractivity contribution in [3.8, 4) is 0 Å². The molecule has 0 atom stereocenters. The summed E-state index contributed by atoms with van der Waals surface area (Å²) in [5, 5.41) is 0. The van der Waals surface area contributed by atoms with Crippen LogP contribution in [0.3, 0.4) is 0 Å². The lowest BCUT2D eigenvalue weighted by molar-refractivity contribution is -0.145. The van der Waals surface area contributed by atoms with Gasteiger partial charge in [-0.3, -0.25) is 4.79 Å². The summed E-state index contributed by atoms with van der Waals surface area (Å²) in [7, 11) is 0. The summed E-state index contributed by atoms with van der Waals surface area (Å²) in [6.45, 7) is 15.7. The van der Waals surface area contributed by atoms with E-state index < -0.39 is 5.97 Å². The largest absolute Gasteiger partial charge is 0.463 e. The van der Waals surface area contributed by atoms with E-state index in [2.05, 4.69) is 6.58 Å². The van der Waals surface area contributed by atoms with Crippen molar-refractivity contribution >= 4 is 11.9 Å². The van der Waals surface area contributed by atoms with Gasteiger partial charge < -0.3 is 52.1 Å². The summed E-state index contributed by atoms with van der Waals surface area (Å²) in [6.07, 6.45) is 1.22. The third-order valence-electron chi connectivity index (χ3n) is 4.73. The van der Waals surface area contributed by atoms with Crippen molar-refractivity contribution in [1.82, 2.24) is 0 Å². The zero-order valence-corrected chi connectivity index (χ0v) is 25.1. The molecule has 0 bridgehead atoms. The van der Waals surface area contributed by atoms with E-state index in [9.17, 15) is 9.59 Å². The predicted molar refractivity (Wildman–Crippen MR) is 149 cm³/mol. The van der Waals surface area contributed by atoms with Crippen LogP contribution in [0.2, 0.25) is 0 Å². The molecule has 0 aromatic carbocycles.